The number of rotatable bonds is 5. The van der Waals surface area contributed by atoms with E-state index in [0.717, 1.165) is 37.7 Å². The van der Waals surface area contributed by atoms with E-state index in [1.165, 1.54) is 19.4 Å². The quantitative estimate of drug-likeness (QED) is 0.777. The second-order valence-corrected chi connectivity index (χ2v) is 7.08. The van der Waals surface area contributed by atoms with Gasteiger partial charge in [-0.05, 0) is 38.6 Å². The van der Waals surface area contributed by atoms with Gasteiger partial charge >= 0.3 is 0 Å². The average Bonchev–Trinajstić information content (AvgIpc) is 3.00. The average molecular weight is 244 g/mol. The molecule has 2 atom stereocenters. The maximum absolute atomic E-state index is 11.0. The highest BCUT2D eigenvalue weighted by Gasteiger charge is 2.43. The fourth-order valence-electron chi connectivity index (χ4n) is 2.78. The van der Waals surface area contributed by atoms with Gasteiger partial charge in [0.2, 0.25) is 0 Å². The van der Waals surface area contributed by atoms with Crippen LogP contribution in [-0.4, -0.2) is 52.8 Å². The monoisotopic (exact) mass is 244 g/mol. The van der Waals surface area contributed by atoms with Gasteiger partial charge in [0.25, 0.3) is 0 Å². The molecule has 0 bridgehead atoms. The Hall–Kier alpha value is 0.0700. The van der Waals surface area contributed by atoms with Crippen LogP contribution in [0.3, 0.4) is 0 Å². The summed E-state index contributed by atoms with van der Waals surface area (Å²) in [5.74, 6) is 1.75. The van der Waals surface area contributed by atoms with E-state index in [2.05, 4.69) is 17.1 Å². The zero-order valence-corrected chi connectivity index (χ0v) is 11.3. The lowest BCUT2D eigenvalue weighted by Gasteiger charge is -2.42. The second kappa shape index (κ2) is 5.15. The minimum Gasteiger partial charge on any atom is -0.309 e. The van der Waals surface area contributed by atoms with E-state index in [4.69, 9.17) is 0 Å². The Bertz CT molecular complexity index is 268. The summed E-state index contributed by atoms with van der Waals surface area (Å²) in [6, 6.07) is 0. The molecule has 2 aliphatic rings. The van der Waals surface area contributed by atoms with E-state index < -0.39 is 10.8 Å². The van der Waals surface area contributed by atoms with Gasteiger partial charge in [0.05, 0.1) is 0 Å². The smallest absolute Gasteiger partial charge is 0.0309 e. The fraction of sp³-hybridized carbons (Fsp3) is 1.00. The molecule has 2 fully saturated rings. The Kier molecular flexibility index (Phi) is 4.03. The van der Waals surface area contributed by atoms with Gasteiger partial charge in [0.15, 0.2) is 0 Å². The minimum atomic E-state index is -0.628. The van der Waals surface area contributed by atoms with Gasteiger partial charge in [-0.2, -0.15) is 0 Å². The maximum Gasteiger partial charge on any atom is 0.0309 e. The van der Waals surface area contributed by atoms with Crippen molar-refractivity contribution >= 4 is 10.8 Å². The Morgan fingerprint density at radius 1 is 1.50 bits per heavy atom. The first-order valence-corrected chi connectivity index (χ1v) is 8.10. The minimum absolute atomic E-state index is 0.351. The molecule has 0 radical (unpaired) electrons. The van der Waals surface area contributed by atoms with E-state index in [0.29, 0.717) is 5.54 Å². The van der Waals surface area contributed by atoms with Gasteiger partial charge in [-0.25, -0.2) is 0 Å². The highest BCUT2D eigenvalue weighted by Crippen LogP contribution is 2.40. The molecule has 4 heteroatoms. The Balaban J connectivity index is 1.75. The van der Waals surface area contributed by atoms with Gasteiger partial charge in [-0.15, -0.1) is 0 Å². The van der Waals surface area contributed by atoms with E-state index in [9.17, 15) is 4.21 Å². The highest BCUT2D eigenvalue weighted by atomic mass is 32.2. The molecule has 1 aliphatic heterocycles. The summed E-state index contributed by atoms with van der Waals surface area (Å²) in [6.45, 7) is 6.92. The Morgan fingerprint density at radius 2 is 2.25 bits per heavy atom. The molecule has 1 heterocycles. The van der Waals surface area contributed by atoms with Crippen LogP contribution < -0.4 is 5.32 Å². The summed E-state index contributed by atoms with van der Waals surface area (Å²) in [6.07, 6.45) is 5.67. The van der Waals surface area contributed by atoms with Gasteiger partial charge in [0, 0.05) is 48.0 Å². The number of nitrogens with one attached hydrogen (secondary N) is 1. The molecule has 0 aromatic rings. The normalized spacial score (nSPS) is 33.9. The van der Waals surface area contributed by atoms with Gasteiger partial charge in [0.1, 0.15) is 0 Å². The Morgan fingerprint density at radius 3 is 2.88 bits per heavy atom. The first-order chi connectivity index (χ1) is 7.60. The maximum atomic E-state index is 11.0. The van der Waals surface area contributed by atoms with Gasteiger partial charge in [-0.3, -0.25) is 4.21 Å². The van der Waals surface area contributed by atoms with Crippen molar-refractivity contribution in [1.82, 2.24) is 10.2 Å². The van der Waals surface area contributed by atoms with Crippen LogP contribution in [0.2, 0.25) is 0 Å². The van der Waals surface area contributed by atoms with Crippen molar-refractivity contribution in [3.8, 4) is 0 Å². The molecular formula is C12H24N2OS. The van der Waals surface area contributed by atoms with Crippen molar-refractivity contribution < 1.29 is 4.21 Å². The van der Waals surface area contributed by atoms with E-state index in [1.54, 1.807) is 6.26 Å². The lowest BCUT2D eigenvalue weighted by atomic mass is 9.93. The van der Waals surface area contributed by atoms with Crippen LogP contribution >= 0.6 is 0 Å². The molecular weight excluding hydrogens is 220 g/mol. The SMILES string of the molecule is CS(=O)CCCN1CCNC(C)(C2CC2)C1. The van der Waals surface area contributed by atoms with Crippen molar-refractivity contribution in [2.45, 2.75) is 31.7 Å². The standard InChI is InChI=1S/C12H24N2OS/c1-12(11-4-5-11)10-14(8-6-13-12)7-3-9-16(2)15/h11,13H,3-10H2,1-2H3. The fourth-order valence-corrected chi connectivity index (χ4v) is 3.31. The molecule has 2 unspecified atom stereocenters. The van der Waals surface area contributed by atoms with E-state index >= 15 is 0 Å². The summed E-state index contributed by atoms with van der Waals surface area (Å²) >= 11 is 0. The van der Waals surface area contributed by atoms with Crippen molar-refractivity contribution in [3.63, 3.8) is 0 Å². The molecule has 0 aromatic heterocycles. The number of hydrogen-bond acceptors (Lipinski definition) is 3. The van der Waals surface area contributed by atoms with E-state index in [1.807, 2.05) is 0 Å². The van der Waals surface area contributed by atoms with Crippen molar-refractivity contribution in [2.24, 2.45) is 5.92 Å². The molecule has 3 nitrogen and oxygen atoms in total. The van der Waals surface area contributed by atoms with Gasteiger partial charge < -0.3 is 10.2 Å². The number of piperazine rings is 1. The third-order valence-electron chi connectivity index (χ3n) is 3.89. The number of nitrogens with zero attached hydrogens (tertiary/aromatic N) is 1. The molecule has 1 N–H and O–H groups in total. The largest absolute Gasteiger partial charge is 0.309 e. The molecule has 2 rings (SSSR count). The first-order valence-electron chi connectivity index (χ1n) is 6.37. The van der Waals surface area contributed by atoms with Crippen LogP contribution in [-0.2, 0) is 10.8 Å². The van der Waals surface area contributed by atoms with Crippen LogP contribution in [0.15, 0.2) is 0 Å². The molecule has 0 aromatic carbocycles. The van der Waals surface area contributed by atoms with Crippen LogP contribution in [0.4, 0.5) is 0 Å². The van der Waals surface area contributed by atoms with Gasteiger partial charge in [-0.1, -0.05) is 0 Å². The van der Waals surface area contributed by atoms with Crippen molar-refractivity contribution in [3.05, 3.63) is 0 Å². The molecule has 0 amide bonds. The van der Waals surface area contributed by atoms with E-state index in [-0.39, 0.29) is 0 Å². The molecule has 0 spiro atoms. The summed E-state index contributed by atoms with van der Waals surface area (Å²) < 4.78 is 11.0. The first kappa shape index (κ1) is 12.5. The zero-order valence-electron chi connectivity index (χ0n) is 10.5. The van der Waals surface area contributed by atoms with Crippen LogP contribution in [0.5, 0.6) is 0 Å². The summed E-state index contributed by atoms with van der Waals surface area (Å²) in [7, 11) is -0.628. The third kappa shape index (κ3) is 3.28. The molecule has 1 aliphatic carbocycles. The van der Waals surface area contributed by atoms with Crippen LogP contribution in [0.25, 0.3) is 0 Å². The van der Waals surface area contributed by atoms with Crippen LogP contribution in [0.1, 0.15) is 26.2 Å². The number of hydrogen-bond donors (Lipinski definition) is 1. The topological polar surface area (TPSA) is 32.3 Å². The highest BCUT2D eigenvalue weighted by molar-refractivity contribution is 7.84. The molecule has 1 saturated carbocycles. The molecule has 94 valence electrons. The predicted molar refractivity (Wildman–Crippen MR) is 69.1 cm³/mol. The summed E-state index contributed by atoms with van der Waals surface area (Å²) in [5, 5.41) is 3.68. The lowest BCUT2D eigenvalue weighted by Crippen LogP contribution is -2.60. The Labute approximate surface area is 101 Å². The second-order valence-electron chi connectivity index (χ2n) is 5.53. The zero-order chi connectivity index (χ0) is 11.6. The summed E-state index contributed by atoms with van der Waals surface area (Å²) in [5.41, 5.74) is 0.351. The van der Waals surface area contributed by atoms with Crippen LogP contribution in [0, 0.1) is 5.92 Å². The van der Waals surface area contributed by atoms with Crippen molar-refractivity contribution in [1.29, 1.82) is 0 Å². The summed E-state index contributed by atoms with van der Waals surface area (Å²) in [4.78, 5) is 2.54. The predicted octanol–water partition coefficient (Wildman–Crippen LogP) is 0.829. The third-order valence-corrected chi connectivity index (χ3v) is 4.76. The van der Waals surface area contributed by atoms with Crippen molar-refractivity contribution in [2.75, 3.05) is 38.2 Å². The molecule has 16 heavy (non-hydrogen) atoms. The molecule has 1 saturated heterocycles. The lowest BCUT2D eigenvalue weighted by molar-refractivity contribution is 0.127.